The fraction of sp³-hybridized carbons (Fsp3) is 0.823. The number of esters is 3. The van der Waals surface area contributed by atoms with E-state index in [1.807, 2.05) is 0 Å². The maximum absolute atomic E-state index is 12.8. The van der Waals surface area contributed by atoms with Gasteiger partial charge in [0.15, 0.2) is 6.10 Å². The number of hydrogen-bond donors (Lipinski definition) is 0. The van der Waals surface area contributed by atoms with E-state index in [9.17, 15) is 14.4 Å². The number of carbonyl (C=O) groups is 3. The molecule has 1 unspecified atom stereocenters. The predicted molar refractivity (Wildman–Crippen MR) is 293 cm³/mol. The van der Waals surface area contributed by atoms with Crippen LogP contribution in [0.5, 0.6) is 0 Å². The highest BCUT2D eigenvalue weighted by atomic mass is 16.6. The van der Waals surface area contributed by atoms with E-state index in [4.69, 9.17) is 14.2 Å². The quantitative estimate of drug-likeness (QED) is 0.0262. The van der Waals surface area contributed by atoms with Crippen LogP contribution in [0.3, 0.4) is 0 Å². The van der Waals surface area contributed by atoms with Gasteiger partial charge in [-0.25, -0.2) is 0 Å². The van der Waals surface area contributed by atoms with Crippen LogP contribution in [0.2, 0.25) is 0 Å². The van der Waals surface area contributed by atoms with Crippen molar-refractivity contribution in [2.24, 2.45) is 0 Å². The zero-order chi connectivity index (χ0) is 49.3. The molecule has 1 atom stereocenters. The summed E-state index contributed by atoms with van der Waals surface area (Å²) >= 11 is 0. The second-order valence-electron chi connectivity index (χ2n) is 19.9. The first-order valence-electron chi connectivity index (χ1n) is 29.6. The van der Waals surface area contributed by atoms with Gasteiger partial charge in [-0.15, -0.1) is 0 Å². The molecule has 0 saturated carbocycles. The highest BCUT2D eigenvalue weighted by molar-refractivity contribution is 5.71. The van der Waals surface area contributed by atoms with Gasteiger partial charge in [0.05, 0.1) is 0 Å². The van der Waals surface area contributed by atoms with Crippen LogP contribution in [0.1, 0.15) is 310 Å². The molecule has 0 aliphatic rings. The molecule has 0 amide bonds. The van der Waals surface area contributed by atoms with Crippen LogP contribution in [-0.2, 0) is 28.6 Å². The molecule has 0 fully saturated rings. The monoisotopic (exact) mass is 953 g/mol. The minimum atomic E-state index is -0.772. The van der Waals surface area contributed by atoms with Gasteiger partial charge < -0.3 is 14.2 Å². The van der Waals surface area contributed by atoms with Gasteiger partial charge >= 0.3 is 17.9 Å². The van der Waals surface area contributed by atoms with Crippen molar-refractivity contribution >= 4 is 17.9 Å². The molecule has 0 saturated heterocycles. The van der Waals surface area contributed by atoms with Crippen LogP contribution in [0.25, 0.3) is 0 Å². The molecule has 68 heavy (non-hydrogen) atoms. The number of ether oxygens (including phenoxy) is 3. The number of allylic oxidation sites excluding steroid dienone is 8. The lowest BCUT2D eigenvalue weighted by atomic mass is 10.0. The van der Waals surface area contributed by atoms with Crippen LogP contribution < -0.4 is 0 Å². The van der Waals surface area contributed by atoms with Crippen LogP contribution in [0.4, 0.5) is 0 Å². The first-order valence-corrected chi connectivity index (χ1v) is 29.6. The Morgan fingerprint density at radius 1 is 0.309 bits per heavy atom. The minimum absolute atomic E-state index is 0.0729. The van der Waals surface area contributed by atoms with Crippen LogP contribution in [-0.4, -0.2) is 37.2 Å². The molecule has 0 aromatic heterocycles. The van der Waals surface area contributed by atoms with Gasteiger partial charge in [0.2, 0.25) is 0 Å². The number of rotatable bonds is 54. The Bertz CT molecular complexity index is 1190. The highest BCUT2D eigenvalue weighted by Gasteiger charge is 2.19. The molecule has 0 heterocycles. The summed E-state index contributed by atoms with van der Waals surface area (Å²) < 4.78 is 16.8. The molecule has 0 spiro atoms. The van der Waals surface area contributed by atoms with Crippen molar-refractivity contribution in [1.29, 1.82) is 0 Å². The van der Waals surface area contributed by atoms with Gasteiger partial charge in [-0.05, 0) is 57.8 Å². The van der Waals surface area contributed by atoms with E-state index in [1.165, 1.54) is 180 Å². The Labute approximate surface area is 422 Å². The molecular weight excluding hydrogens is 841 g/mol. The molecule has 0 aromatic rings. The van der Waals surface area contributed by atoms with Crippen molar-refractivity contribution in [2.45, 2.75) is 316 Å². The number of carbonyl (C=O) groups excluding carboxylic acids is 3. The van der Waals surface area contributed by atoms with E-state index in [2.05, 4.69) is 69.4 Å². The Hall–Kier alpha value is -2.63. The first kappa shape index (κ1) is 65.4. The van der Waals surface area contributed by atoms with Crippen LogP contribution >= 0.6 is 0 Å². The Morgan fingerprint density at radius 3 is 0.897 bits per heavy atom. The van der Waals surface area contributed by atoms with Gasteiger partial charge in [0.25, 0.3) is 0 Å². The molecule has 0 aromatic carbocycles. The summed E-state index contributed by atoms with van der Waals surface area (Å²) in [6, 6.07) is 0. The average molecular weight is 954 g/mol. The van der Waals surface area contributed by atoms with Crippen LogP contribution in [0.15, 0.2) is 48.6 Å². The predicted octanol–water partition coefficient (Wildman–Crippen LogP) is 19.8. The lowest BCUT2D eigenvalue weighted by molar-refractivity contribution is -0.167. The van der Waals surface area contributed by atoms with Gasteiger partial charge in [0.1, 0.15) is 13.2 Å². The zero-order valence-corrected chi connectivity index (χ0v) is 45.4. The summed E-state index contributed by atoms with van der Waals surface area (Å²) in [5, 5.41) is 0. The Morgan fingerprint density at radius 2 is 0.574 bits per heavy atom. The Kier molecular flexibility index (Phi) is 54.8. The van der Waals surface area contributed by atoms with Crippen LogP contribution in [0, 0.1) is 0 Å². The van der Waals surface area contributed by atoms with E-state index in [-0.39, 0.29) is 31.1 Å². The third-order valence-corrected chi connectivity index (χ3v) is 13.1. The van der Waals surface area contributed by atoms with E-state index < -0.39 is 6.10 Å². The van der Waals surface area contributed by atoms with Gasteiger partial charge in [-0.2, -0.15) is 0 Å². The Balaban J connectivity index is 4.10. The normalized spacial score (nSPS) is 12.3. The molecule has 396 valence electrons. The van der Waals surface area contributed by atoms with E-state index >= 15 is 0 Å². The summed E-state index contributed by atoms with van der Waals surface area (Å²) in [5.41, 5.74) is 0. The maximum atomic E-state index is 12.8. The van der Waals surface area contributed by atoms with Crippen molar-refractivity contribution in [3.63, 3.8) is 0 Å². The van der Waals surface area contributed by atoms with Gasteiger partial charge in [-0.1, -0.05) is 281 Å². The molecule has 6 heteroatoms. The van der Waals surface area contributed by atoms with Crippen molar-refractivity contribution < 1.29 is 28.6 Å². The SMILES string of the molecule is CC/C=C\C/C=C\C/C=C\C/C=C\CCCCCCCCCCC(=O)OC(COC(=O)CCCCCCCC)COC(=O)CCCCCCCCCCCCCCCCCCCCCCCCC. The minimum Gasteiger partial charge on any atom is -0.462 e. The molecule has 0 rings (SSSR count). The van der Waals surface area contributed by atoms with Crippen molar-refractivity contribution in [3.05, 3.63) is 48.6 Å². The molecule has 0 aliphatic heterocycles. The number of unbranched alkanes of at least 4 members (excludes halogenated alkanes) is 35. The van der Waals surface area contributed by atoms with Gasteiger partial charge in [-0.3, -0.25) is 14.4 Å². The standard InChI is InChI=1S/C62H112O6/c1-4-7-10-13-16-18-20-22-24-26-28-30-31-33-34-36-38-40-42-44-46-49-52-55-61(64)67-58-59(57-66-60(63)54-51-48-15-12-9-6-3)68-62(65)56-53-50-47-45-43-41-39-37-35-32-29-27-25-23-21-19-17-14-11-8-5-2/h8,11,17,19,23,25,29,32,59H,4-7,9-10,12-16,18,20-22,24,26-28,30-31,33-58H2,1-3H3/b11-8-,19-17-,25-23-,32-29-. The lowest BCUT2D eigenvalue weighted by Gasteiger charge is -2.18. The fourth-order valence-electron chi connectivity index (χ4n) is 8.67. The molecule has 0 bridgehead atoms. The second kappa shape index (κ2) is 57.0. The molecule has 0 N–H and O–H groups in total. The van der Waals surface area contributed by atoms with Crippen molar-refractivity contribution in [1.82, 2.24) is 0 Å². The van der Waals surface area contributed by atoms with E-state index in [0.717, 1.165) is 89.9 Å². The molecule has 6 nitrogen and oxygen atoms in total. The summed E-state index contributed by atoms with van der Waals surface area (Å²) in [5.74, 6) is -0.876. The fourth-order valence-corrected chi connectivity index (χ4v) is 8.67. The third-order valence-electron chi connectivity index (χ3n) is 13.1. The summed E-state index contributed by atoms with van der Waals surface area (Å²) in [6.07, 6.45) is 70.0. The summed E-state index contributed by atoms with van der Waals surface area (Å²) in [7, 11) is 0. The molecular formula is C62H112O6. The molecule has 0 radical (unpaired) electrons. The largest absolute Gasteiger partial charge is 0.462 e. The zero-order valence-electron chi connectivity index (χ0n) is 45.4. The highest BCUT2D eigenvalue weighted by Crippen LogP contribution is 2.17. The first-order chi connectivity index (χ1) is 33.5. The summed E-state index contributed by atoms with van der Waals surface area (Å²) in [4.78, 5) is 37.9. The maximum Gasteiger partial charge on any atom is 0.306 e. The van der Waals surface area contributed by atoms with Crippen molar-refractivity contribution in [3.8, 4) is 0 Å². The van der Waals surface area contributed by atoms with Crippen molar-refractivity contribution in [2.75, 3.05) is 13.2 Å². The second-order valence-corrected chi connectivity index (χ2v) is 19.9. The third kappa shape index (κ3) is 54.3. The smallest absolute Gasteiger partial charge is 0.306 e. The number of hydrogen-bond acceptors (Lipinski definition) is 6. The topological polar surface area (TPSA) is 78.9 Å². The lowest BCUT2D eigenvalue weighted by Crippen LogP contribution is -2.30. The summed E-state index contributed by atoms with van der Waals surface area (Å²) in [6.45, 7) is 6.50. The van der Waals surface area contributed by atoms with E-state index in [1.54, 1.807) is 0 Å². The average Bonchev–Trinajstić information content (AvgIpc) is 3.34. The van der Waals surface area contributed by atoms with Gasteiger partial charge in [0, 0.05) is 19.3 Å². The van der Waals surface area contributed by atoms with E-state index in [0.29, 0.717) is 19.3 Å². The molecule has 0 aliphatic carbocycles.